The molecule has 7 heteroatoms. The van der Waals surface area contributed by atoms with Gasteiger partial charge in [-0.15, -0.1) is 10.2 Å². The zero-order valence-corrected chi connectivity index (χ0v) is 14.2. The number of nitrogens with one attached hydrogen (secondary N) is 1. The van der Waals surface area contributed by atoms with E-state index in [1.807, 2.05) is 12.1 Å². The van der Waals surface area contributed by atoms with Crippen molar-refractivity contribution in [1.82, 2.24) is 10.2 Å². The Morgan fingerprint density at radius 1 is 1.32 bits per heavy atom. The molecule has 19 heavy (non-hydrogen) atoms. The number of carbonyl (C=O) groups is 1. The smallest absolute Gasteiger partial charge is 0.257 e. The van der Waals surface area contributed by atoms with Crippen LogP contribution in [-0.4, -0.2) is 21.4 Å². The van der Waals surface area contributed by atoms with E-state index in [1.54, 1.807) is 23.9 Å². The van der Waals surface area contributed by atoms with Crippen LogP contribution in [0.5, 0.6) is 0 Å². The van der Waals surface area contributed by atoms with E-state index in [1.165, 1.54) is 11.3 Å². The molecule has 0 fully saturated rings. The molecule has 0 spiro atoms. The first-order chi connectivity index (χ1) is 9.04. The lowest BCUT2D eigenvalue weighted by Gasteiger charge is -2.01. The maximum Gasteiger partial charge on any atom is 0.257 e. The molecule has 1 aromatic carbocycles. The molecule has 0 aliphatic heterocycles. The fourth-order valence-electron chi connectivity index (χ4n) is 1.28. The average Bonchev–Trinajstić information content (AvgIpc) is 2.76. The number of aromatic nitrogens is 2. The van der Waals surface area contributed by atoms with Crippen LogP contribution in [0.25, 0.3) is 0 Å². The van der Waals surface area contributed by atoms with Crippen molar-refractivity contribution in [1.29, 1.82) is 0 Å². The first-order valence-electron chi connectivity index (χ1n) is 5.61. The van der Waals surface area contributed by atoms with Crippen LogP contribution in [0.1, 0.15) is 24.2 Å². The van der Waals surface area contributed by atoms with Crippen LogP contribution < -0.4 is 5.32 Å². The minimum Gasteiger partial charge on any atom is -0.296 e. The maximum absolute atomic E-state index is 12.0. The second kappa shape index (κ2) is 6.67. The molecule has 0 unspecified atom stereocenters. The number of hydrogen-bond acceptors (Lipinski definition) is 5. The van der Waals surface area contributed by atoms with E-state index in [4.69, 9.17) is 0 Å². The second-order valence-electron chi connectivity index (χ2n) is 4.00. The molecule has 4 nitrogen and oxygen atoms in total. The molecule has 2 rings (SSSR count). The van der Waals surface area contributed by atoms with E-state index < -0.39 is 0 Å². The highest BCUT2D eigenvalue weighted by atomic mass is 127. The number of hydrogen-bond donors (Lipinski definition) is 1. The number of anilines is 1. The Balaban J connectivity index is 2.02. The molecular weight excluding hydrogens is 393 g/mol. The standard InChI is InChI=1S/C12H12IN3OS2/c1-7(2)18-12-16-15-11(19-12)14-10(17)8-3-5-9(13)6-4-8/h3-7H,1-2H3,(H,14,15,17). The molecule has 0 atom stereocenters. The van der Waals surface area contributed by atoms with Crippen molar-refractivity contribution in [3.8, 4) is 0 Å². The lowest BCUT2D eigenvalue weighted by molar-refractivity contribution is 0.102. The molecule has 0 saturated heterocycles. The molecule has 2 aromatic rings. The Kier molecular flexibility index (Phi) is 5.17. The SMILES string of the molecule is CC(C)Sc1nnc(NC(=O)c2ccc(I)cc2)s1. The quantitative estimate of drug-likeness (QED) is 0.476. The van der Waals surface area contributed by atoms with Crippen molar-refractivity contribution in [3.05, 3.63) is 33.4 Å². The molecule has 0 aliphatic rings. The van der Waals surface area contributed by atoms with Gasteiger partial charge in [-0.05, 0) is 46.9 Å². The Hall–Kier alpha value is -0.670. The van der Waals surface area contributed by atoms with Crippen molar-refractivity contribution in [3.63, 3.8) is 0 Å². The highest BCUT2D eigenvalue weighted by molar-refractivity contribution is 14.1. The van der Waals surface area contributed by atoms with E-state index in [9.17, 15) is 4.79 Å². The molecule has 0 saturated carbocycles. The highest BCUT2D eigenvalue weighted by Gasteiger charge is 2.11. The molecule has 1 aromatic heterocycles. The first-order valence-corrected chi connectivity index (χ1v) is 8.39. The number of rotatable bonds is 4. The highest BCUT2D eigenvalue weighted by Crippen LogP contribution is 2.28. The van der Waals surface area contributed by atoms with Crippen molar-refractivity contribution >= 4 is 56.7 Å². The van der Waals surface area contributed by atoms with Crippen LogP contribution in [0, 0.1) is 3.57 Å². The molecule has 1 heterocycles. The molecular formula is C12H12IN3OS2. The van der Waals surface area contributed by atoms with Crippen molar-refractivity contribution in [2.45, 2.75) is 23.4 Å². The Morgan fingerprint density at radius 2 is 2.00 bits per heavy atom. The van der Waals surface area contributed by atoms with Gasteiger partial charge in [-0.3, -0.25) is 10.1 Å². The lowest BCUT2D eigenvalue weighted by Crippen LogP contribution is -2.11. The van der Waals surface area contributed by atoms with Gasteiger partial charge in [0, 0.05) is 14.4 Å². The normalized spacial score (nSPS) is 10.7. The Bertz CT molecular complexity index is 569. The van der Waals surface area contributed by atoms with Gasteiger partial charge in [0.15, 0.2) is 4.34 Å². The number of amides is 1. The topological polar surface area (TPSA) is 54.9 Å². The van der Waals surface area contributed by atoms with E-state index in [2.05, 4.69) is 52.0 Å². The summed E-state index contributed by atoms with van der Waals surface area (Å²) in [6.45, 7) is 4.19. The number of benzene rings is 1. The molecule has 1 N–H and O–H groups in total. The van der Waals surface area contributed by atoms with Crippen molar-refractivity contribution < 1.29 is 4.79 Å². The minimum absolute atomic E-state index is 0.159. The number of nitrogens with zero attached hydrogens (tertiary/aromatic N) is 2. The number of carbonyl (C=O) groups excluding carboxylic acids is 1. The van der Waals surface area contributed by atoms with Crippen LogP contribution >= 0.6 is 45.7 Å². The predicted octanol–water partition coefficient (Wildman–Crippen LogP) is 3.90. The summed E-state index contributed by atoms with van der Waals surface area (Å²) in [6.07, 6.45) is 0. The van der Waals surface area contributed by atoms with Crippen molar-refractivity contribution in [2.24, 2.45) is 0 Å². The van der Waals surface area contributed by atoms with Gasteiger partial charge in [0.05, 0.1) is 0 Å². The van der Waals surface area contributed by atoms with Crippen LogP contribution in [0.3, 0.4) is 0 Å². The van der Waals surface area contributed by atoms with Gasteiger partial charge in [0.1, 0.15) is 0 Å². The largest absolute Gasteiger partial charge is 0.296 e. The summed E-state index contributed by atoms with van der Waals surface area (Å²) in [5.41, 5.74) is 0.619. The summed E-state index contributed by atoms with van der Waals surface area (Å²) in [5.74, 6) is -0.159. The third kappa shape index (κ3) is 4.43. The van der Waals surface area contributed by atoms with Gasteiger partial charge in [0.2, 0.25) is 5.13 Å². The average molecular weight is 405 g/mol. The molecule has 0 aliphatic carbocycles. The lowest BCUT2D eigenvalue weighted by atomic mass is 10.2. The van der Waals surface area contributed by atoms with Gasteiger partial charge < -0.3 is 0 Å². The predicted molar refractivity (Wildman–Crippen MR) is 88.0 cm³/mol. The van der Waals surface area contributed by atoms with E-state index >= 15 is 0 Å². The van der Waals surface area contributed by atoms with Crippen LogP contribution in [0.15, 0.2) is 28.6 Å². The third-order valence-corrected chi connectivity index (χ3v) is 4.72. The maximum atomic E-state index is 12.0. The van der Waals surface area contributed by atoms with Crippen LogP contribution in [0.4, 0.5) is 5.13 Å². The number of halogens is 1. The second-order valence-corrected chi connectivity index (χ2v) is 8.05. The van der Waals surface area contributed by atoms with Crippen LogP contribution in [-0.2, 0) is 0 Å². The summed E-state index contributed by atoms with van der Waals surface area (Å²) in [6, 6.07) is 7.38. The molecule has 0 radical (unpaired) electrons. The van der Waals surface area contributed by atoms with Crippen molar-refractivity contribution in [2.75, 3.05) is 5.32 Å². The Morgan fingerprint density at radius 3 is 2.63 bits per heavy atom. The summed E-state index contributed by atoms with van der Waals surface area (Å²) >= 11 is 5.23. The fourth-order valence-corrected chi connectivity index (χ4v) is 3.61. The van der Waals surface area contributed by atoms with E-state index in [-0.39, 0.29) is 5.91 Å². The summed E-state index contributed by atoms with van der Waals surface area (Å²) < 4.78 is 1.97. The Labute approximate surface area is 133 Å². The zero-order chi connectivity index (χ0) is 13.8. The van der Waals surface area contributed by atoms with E-state index in [0.29, 0.717) is 15.9 Å². The van der Waals surface area contributed by atoms with Gasteiger partial charge >= 0.3 is 0 Å². The summed E-state index contributed by atoms with van der Waals surface area (Å²) in [4.78, 5) is 12.0. The molecule has 0 bridgehead atoms. The minimum atomic E-state index is -0.159. The fraction of sp³-hybridized carbons (Fsp3) is 0.250. The molecule has 100 valence electrons. The molecule has 1 amide bonds. The summed E-state index contributed by atoms with van der Waals surface area (Å²) in [7, 11) is 0. The van der Waals surface area contributed by atoms with Crippen LogP contribution in [0.2, 0.25) is 0 Å². The van der Waals surface area contributed by atoms with Gasteiger partial charge in [0.25, 0.3) is 5.91 Å². The van der Waals surface area contributed by atoms with Gasteiger partial charge in [-0.2, -0.15) is 0 Å². The third-order valence-electron chi connectivity index (χ3n) is 2.07. The number of thioether (sulfide) groups is 1. The first kappa shape index (κ1) is 14.7. The van der Waals surface area contributed by atoms with Gasteiger partial charge in [-0.25, -0.2) is 0 Å². The van der Waals surface area contributed by atoms with E-state index in [0.717, 1.165) is 7.91 Å². The van der Waals surface area contributed by atoms with Gasteiger partial charge in [-0.1, -0.05) is 36.9 Å². The zero-order valence-electron chi connectivity index (χ0n) is 10.4. The summed E-state index contributed by atoms with van der Waals surface area (Å²) in [5, 5.41) is 11.7. The monoisotopic (exact) mass is 405 g/mol.